The Morgan fingerprint density at radius 1 is 1.32 bits per heavy atom. The maximum Gasteiger partial charge on any atom is 0.326 e. The molecule has 1 amide bonds. The highest BCUT2D eigenvalue weighted by atomic mass is 35.5. The van der Waals surface area contributed by atoms with Gasteiger partial charge >= 0.3 is 5.97 Å². The van der Waals surface area contributed by atoms with E-state index in [0.717, 1.165) is 24.8 Å². The molecule has 1 aromatic carbocycles. The van der Waals surface area contributed by atoms with E-state index in [4.69, 9.17) is 11.6 Å². The number of hydrogen-bond donors (Lipinski definition) is 1. The molecule has 2 unspecified atom stereocenters. The Bertz CT molecular complexity index is 529. The van der Waals surface area contributed by atoms with E-state index in [1.54, 1.807) is 4.90 Å². The molecule has 0 radical (unpaired) electrons. The molecule has 1 saturated heterocycles. The lowest BCUT2D eigenvalue weighted by molar-refractivity contribution is -0.152. The summed E-state index contributed by atoms with van der Waals surface area (Å²) in [4.78, 5) is 25.2. The molecule has 2 atom stereocenters. The summed E-state index contributed by atoms with van der Waals surface area (Å²) in [6.45, 7) is 2.58. The van der Waals surface area contributed by atoms with Gasteiger partial charge in [0.2, 0.25) is 5.91 Å². The SMILES string of the molecule is CC(CC(=O)N1CCCCC1C(=O)O)Cc1ccc(Cl)cc1. The number of carboxylic acid groups (broad SMARTS) is 1. The Hall–Kier alpha value is -1.55. The van der Waals surface area contributed by atoms with E-state index in [1.165, 1.54) is 0 Å². The Morgan fingerprint density at radius 3 is 2.64 bits per heavy atom. The highest BCUT2D eigenvalue weighted by Gasteiger charge is 2.32. The molecule has 1 heterocycles. The summed E-state index contributed by atoms with van der Waals surface area (Å²) in [6.07, 6.45) is 3.50. The number of nitrogens with zero attached hydrogens (tertiary/aromatic N) is 1. The predicted octanol–water partition coefficient (Wildman–Crippen LogP) is 3.37. The van der Waals surface area contributed by atoms with Crippen LogP contribution in [-0.2, 0) is 16.0 Å². The molecule has 0 saturated carbocycles. The summed E-state index contributed by atoms with van der Waals surface area (Å²) >= 11 is 5.86. The van der Waals surface area contributed by atoms with Crippen molar-refractivity contribution in [3.63, 3.8) is 0 Å². The molecule has 0 bridgehead atoms. The quantitative estimate of drug-likeness (QED) is 0.903. The number of amides is 1. The van der Waals surface area contributed by atoms with E-state index >= 15 is 0 Å². The zero-order valence-corrected chi connectivity index (χ0v) is 13.6. The van der Waals surface area contributed by atoms with Gasteiger partial charge in [-0.15, -0.1) is 0 Å². The Morgan fingerprint density at radius 2 is 2.00 bits per heavy atom. The number of benzene rings is 1. The lowest BCUT2D eigenvalue weighted by Crippen LogP contribution is -2.48. The number of aliphatic carboxylic acids is 1. The normalized spacial score (nSPS) is 19.7. The van der Waals surface area contributed by atoms with Crippen molar-refractivity contribution in [2.24, 2.45) is 5.92 Å². The summed E-state index contributed by atoms with van der Waals surface area (Å²) in [5.41, 5.74) is 1.14. The van der Waals surface area contributed by atoms with Gasteiger partial charge in [-0.1, -0.05) is 30.7 Å². The number of halogens is 1. The molecule has 1 aromatic rings. The Labute approximate surface area is 136 Å². The minimum Gasteiger partial charge on any atom is -0.480 e. The van der Waals surface area contributed by atoms with Crippen LogP contribution in [0, 0.1) is 5.92 Å². The number of carbonyl (C=O) groups excluding carboxylic acids is 1. The van der Waals surface area contributed by atoms with Gasteiger partial charge in [0.1, 0.15) is 6.04 Å². The molecule has 0 aromatic heterocycles. The van der Waals surface area contributed by atoms with Crippen molar-refractivity contribution in [1.29, 1.82) is 0 Å². The summed E-state index contributed by atoms with van der Waals surface area (Å²) in [6, 6.07) is 6.96. The van der Waals surface area contributed by atoms with Crippen molar-refractivity contribution in [2.75, 3.05) is 6.54 Å². The maximum absolute atomic E-state index is 12.4. The van der Waals surface area contributed by atoms with E-state index in [0.29, 0.717) is 24.4 Å². The van der Waals surface area contributed by atoms with Gasteiger partial charge in [0, 0.05) is 18.0 Å². The lowest BCUT2D eigenvalue weighted by Gasteiger charge is -2.33. The van der Waals surface area contributed by atoms with E-state index in [-0.39, 0.29) is 11.8 Å². The van der Waals surface area contributed by atoms with Crippen molar-refractivity contribution in [1.82, 2.24) is 4.90 Å². The van der Waals surface area contributed by atoms with Gasteiger partial charge in [0.25, 0.3) is 0 Å². The summed E-state index contributed by atoms with van der Waals surface area (Å²) in [5.74, 6) is -0.767. The number of piperidine rings is 1. The molecule has 5 heteroatoms. The number of likely N-dealkylation sites (tertiary alicyclic amines) is 1. The Balaban J connectivity index is 1.92. The zero-order valence-electron chi connectivity index (χ0n) is 12.8. The van der Waals surface area contributed by atoms with Crippen molar-refractivity contribution < 1.29 is 14.7 Å². The minimum atomic E-state index is -0.890. The lowest BCUT2D eigenvalue weighted by atomic mass is 9.95. The predicted molar refractivity (Wildman–Crippen MR) is 85.9 cm³/mol. The first-order valence-electron chi connectivity index (χ1n) is 7.74. The summed E-state index contributed by atoms with van der Waals surface area (Å²) in [5, 5.41) is 9.95. The van der Waals surface area contributed by atoms with Crippen LogP contribution in [0.15, 0.2) is 24.3 Å². The molecule has 1 N–H and O–H groups in total. The third-order valence-electron chi connectivity index (χ3n) is 4.13. The van der Waals surface area contributed by atoms with Crippen LogP contribution in [-0.4, -0.2) is 34.5 Å². The van der Waals surface area contributed by atoms with Crippen LogP contribution in [0.2, 0.25) is 5.02 Å². The first-order valence-corrected chi connectivity index (χ1v) is 8.12. The van der Waals surface area contributed by atoms with Gasteiger partial charge in [-0.25, -0.2) is 4.79 Å². The number of hydrogen-bond acceptors (Lipinski definition) is 2. The van der Waals surface area contributed by atoms with Crippen molar-refractivity contribution >= 4 is 23.5 Å². The molecule has 120 valence electrons. The van der Waals surface area contributed by atoms with E-state index in [1.807, 2.05) is 31.2 Å². The molecule has 0 spiro atoms. The van der Waals surface area contributed by atoms with Crippen LogP contribution in [0.25, 0.3) is 0 Å². The first-order chi connectivity index (χ1) is 10.5. The second-order valence-corrected chi connectivity index (χ2v) is 6.51. The molecule has 22 heavy (non-hydrogen) atoms. The fourth-order valence-corrected chi connectivity index (χ4v) is 3.12. The molecule has 1 aliphatic heterocycles. The second kappa shape index (κ2) is 7.63. The van der Waals surface area contributed by atoms with Crippen LogP contribution in [0.1, 0.15) is 38.2 Å². The topological polar surface area (TPSA) is 57.6 Å². The molecule has 1 aliphatic rings. The molecule has 4 nitrogen and oxygen atoms in total. The standard InChI is InChI=1S/C17H22ClNO3/c1-12(10-13-5-7-14(18)8-6-13)11-16(20)19-9-3-2-4-15(19)17(21)22/h5-8,12,15H,2-4,9-11H2,1H3,(H,21,22). The summed E-state index contributed by atoms with van der Waals surface area (Å²) < 4.78 is 0. The van der Waals surface area contributed by atoms with Gasteiger partial charge in [-0.05, 0) is 49.3 Å². The van der Waals surface area contributed by atoms with Crippen LogP contribution >= 0.6 is 11.6 Å². The smallest absolute Gasteiger partial charge is 0.326 e. The van der Waals surface area contributed by atoms with Crippen LogP contribution in [0.4, 0.5) is 0 Å². The largest absolute Gasteiger partial charge is 0.480 e. The average molecular weight is 324 g/mol. The minimum absolute atomic E-state index is 0.0476. The van der Waals surface area contributed by atoms with Gasteiger partial charge in [-0.3, -0.25) is 4.79 Å². The highest BCUT2D eigenvalue weighted by molar-refractivity contribution is 6.30. The van der Waals surface area contributed by atoms with Crippen LogP contribution in [0.5, 0.6) is 0 Å². The third kappa shape index (κ3) is 4.47. The van der Waals surface area contributed by atoms with Crippen LogP contribution < -0.4 is 0 Å². The van der Waals surface area contributed by atoms with Gasteiger partial charge < -0.3 is 10.0 Å². The first kappa shape index (κ1) is 16.8. The highest BCUT2D eigenvalue weighted by Crippen LogP contribution is 2.21. The van der Waals surface area contributed by atoms with E-state index in [9.17, 15) is 14.7 Å². The number of rotatable bonds is 5. The molecular weight excluding hydrogens is 302 g/mol. The number of carbonyl (C=O) groups is 2. The molecule has 2 rings (SSSR count). The molecular formula is C17H22ClNO3. The average Bonchev–Trinajstić information content (AvgIpc) is 2.49. The second-order valence-electron chi connectivity index (χ2n) is 6.08. The fourth-order valence-electron chi connectivity index (χ4n) is 3.00. The third-order valence-corrected chi connectivity index (χ3v) is 4.38. The van der Waals surface area contributed by atoms with Crippen molar-refractivity contribution in [3.05, 3.63) is 34.9 Å². The van der Waals surface area contributed by atoms with Gasteiger partial charge in [-0.2, -0.15) is 0 Å². The Kier molecular flexibility index (Phi) is 5.83. The van der Waals surface area contributed by atoms with Crippen molar-refractivity contribution in [3.8, 4) is 0 Å². The van der Waals surface area contributed by atoms with E-state index < -0.39 is 12.0 Å². The summed E-state index contributed by atoms with van der Waals surface area (Å²) in [7, 11) is 0. The van der Waals surface area contributed by atoms with Gasteiger partial charge in [0.15, 0.2) is 0 Å². The monoisotopic (exact) mass is 323 g/mol. The van der Waals surface area contributed by atoms with Crippen LogP contribution in [0.3, 0.4) is 0 Å². The maximum atomic E-state index is 12.4. The fraction of sp³-hybridized carbons (Fsp3) is 0.529. The number of carboxylic acids is 1. The molecule has 0 aliphatic carbocycles. The van der Waals surface area contributed by atoms with E-state index in [2.05, 4.69) is 0 Å². The molecule has 1 fully saturated rings. The zero-order chi connectivity index (χ0) is 16.1. The van der Waals surface area contributed by atoms with Crippen molar-refractivity contribution in [2.45, 2.75) is 45.1 Å². The van der Waals surface area contributed by atoms with Gasteiger partial charge in [0.05, 0.1) is 0 Å².